The molecule has 2 unspecified atom stereocenters. The van der Waals surface area contributed by atoms with Gasteiger partial charge in [0, 0.05) is 25.7 Å². The van der Waals surface area contributed by atoms with Crippen LogP contribution in [0.15, 0.2) is 30.4 Å². The summed E-state index contributed by atoms with van der Waals surface area (Å²) in [5.74, 6) is 0. The number of hydrogen-bond donors (Lipinski definition) is 1. The van der Waals surface area contributed by atoms with Crippen molar-refractivity contribution in [3.05, 3.63) is 47.0 Å². The summed E-state index contributed by atoms with van der Waals surface area (Å²) in [4.78, 5) is 2.35. The van der Waals surface area contributed by atoms with Crippen molar-refractivity contribution in [2.45, 2.75) is 44.7 Å². The van der Waals surface area contributed by atoms with E-state index in [2.05, 4.69) is 57.5 Å². The molecule has 0 radical (unpaired) electrons. The number of ether oxygens (including phenoxy) is 1. The van der Waals surface area contributed by atoms with Crippen molar-refractivity contribution in [2.75, 3.05) is 27.4 Å². The molecule has 1 aromatic rings. The number of rotatable bonds is 5. The fourth-order valence-corrected chi connectivity index (χ4v) is 4.07. The molecule has 0 aliphatic carbocycles. The van der Waals surface area contributed by atoms with Gasteiger partial charge in [-0.2, -0.15) is 0 Å². The van der Waals surface area contributed by atoms with Gasteiger partial charge in [0.15, 0.2) is 0 Å². The molecule has 2 rings (SSSR count). The lowest BCUT2D eigenvalue weighted by molar-refractivity contribution is 0.0340. The van der Waals surface area contributed by atoms with Gasteiger partial charge in [0.1, 0.15) is 0 Å². The molecular weight excluding hydrogens is 274 g/mol. The van der Waals surface area contributed by atoms with Gasteiger partial charge in [-0.15, -0.1) is 0 Å². The van der Waals surface area contributed by atoms with Gasteiger partial charge in [0.2, 0.25) is 0 Å². The second kappa shape index (κ2) is 6.15. The number of fused-ring (bicyclic) bond motifs is 1. The molecule has 3 nitrogen and oxygen atoms in total. The van der Waals surface area contributed by atoms with Crippen LogP contribution in [0.5, 0.6) is 0 Å². The highest BCUT2D eigenvalue weighted by Gasteiger charge is 2.53. The quantitative estimate of drug-likeness (QED) is 0.849. The molecule has 1 aliphatic heterocycles. The Morgan fingerprint density at radius 3 is 2.68 bits per heavy atom. The van der Waals surface area contributed by atoms with Gasteiger partial charge in [0.25, 0.3) is 0 Å². The molecule has 0 aromatic heterocycles. The van der Waals surface area contributed by atoms with Crippen LogP contribution in [0.3, 0.4) is 0 Å². The first-order valence-electron chi connectivity index (χ1n) is 7.90. The fraction of sp³-hybridized carbons (Fsp3) is 0.579. The van der Waals surface area contributed by atoms with Gasteiger partial charge in [-0.05, 0) is 44.0 Å². The number of aliphatic hydroxyl groups excluding tert-OH is 1. The van der Waals surface area contributed by atoms with Crippen LogP contribution < -0.4 is 0 Å². The van der Waals surface area contributed by atoms with E-state index in [1.54, 1.807) is 7.11 Å². The summed E-state index contributed by atoms with van der Waals surface area (Å²) in [5, 5.41) is 9.71. The maximum Gasteiger partial charge on any atom is 0.0688 e. The normalized spacial score (nSPS) is 28.5. The summed E-state index contributed by atoms with van der Waals surface area (Å²) in [5.41, 5.74) is 4.55. The van der Waals surface area contributed by atoms with Crippen LogP contribution in [0.4, 0.5) is 0 Å². The highest BCUT2D eigenvalue weighted by Crippen LogP contribution is 2.50. The monoisotopic (exact) mass is 303 g/mol. The maximum absolute atomic E-state index is 9.71. The van der Waals surface area contributed by atoms with E-state index in [1.165, 1.54) is 16.7 Å². The second-order valence-corrected chi connectivity index (χ2v) is 6.93. The third-order valence-electron chi connectivity index (χ3n) is 5.72. The summed E-state index contributed by atoms with van der Waals surface area (Å²) in [6, 6.07) is 6.66. The van der Waals surface area contributed by atoms with E-state index in [-0.39, 0.29) is 17.6 Å². The van der Waals surface area contributed by atoms with Gasteiger partial charge in [-0.1, -0.05) is 37.3 Å². The van der Waals surface area contributed by atoms with E-state index in [1.807, 2.05) is 0 Å². The summed E-state index contributed by atoms with van der Waals surface area (Å²) < 4.78 is 5.36. The Labute approximate surface area is 134 Å². The summed E-state index contributed by atoms with van der Waals surface area (Å²) in [6.45, 7) is 12.5. The molecule has 0 spiro atoms. The molecule has 0 bridgehead atoms. The topological polar surface area (TPSA) is 32.7 Å². The molecule has 0 fully saturated rings. The molecule has 122 valence electrons. The number of methoxy groups -OCH3 is 1. The van der Waals surface area contributed by atoms with E-state index in [9.17, 15) is 5.11 Å². The standard InChI is InChI=1S/C19H29NO2/c1-14-7-8-17-16(11-14)12-20(5)19(4,15(2)13-22-6)18(17,3)9-10-21/h7-8,11,21H,2,9-10,12-13H2,1,3-6H3. The van der Waals surface area contributed by atoms with Gasteiger partial charge in [0.05, 0.1) is 12.1 Å². The van der Waals surface area contributed by atoms with Crippen molar-refractivity contribution in [1.29, 1.82) is 0 Å². The van der Waals surface area contributed by atoms with Crippen LogP contribution in [0.25, 0.3) is 0 Å². The molecule has 0 saturated carbocycles. The summed E-state index contributed by atoms with van der Waals surface area (Å²) in [7, 11) is 3.85. The van der Waals surface area contributed by atoms with E-state index in [0.29, 0.717) is 13.0 Å². The number of benzene rings is 1. The lowest BCUT2D eigenvalue weighted by Gasteiger charge is -2.57. The third-order valence-corrected chi connectivity index (χ3v) is 5.72. The van der Waals surface area contributed by atoms with Gasteiger partial charge in [-0.3, -0.25) is 4.90 Å². The Balaban J connectivity index is 2.64. The van der Waals surface area contributed by atoms with E-state index in [0.717, 1.165) is 12.1 Å². The minimum absolute atomic E-state index is 0.160. The van der Waals surface area contributed by atoms with Crippen molar-refractivity contribution in [3.63, 3.8) is 0 Å². The first-order valence-corrected chi connectivity index (χ1v) is 7.90. The number of hydrogen-bond acceptors (Lipinski definition) is 3. The van der Waals surface area contributed by atoms with Crippen molar-refractivity contribution >= 4 is 0 Å². The van der Waals surface area contributed by atoms with Crippen molar-refractivity contribution in [1.82, 2.24) is 4.90 Å². The Morgan fingerprint density at radius 2 is 2.09 bits per heavy atom. The largest absolute Gasteiger partial charge is 0.396 e. The molecule has 1 aliphatic rings. The van der Waals surface area contributed by atoms with Crippen molar-refractivity contribution in [3.8, 4) is 0 Å². The smallest absolute Gasteiger partial charge is 0.0688 e. The molecule has 1 aromatic carbocycles. The van der Waals surface area contributed by atoms with Crippen molar-refractivity contribution < 1.29 is 9.84 Å². The molecule has 1 heterocycles. The minimum atomic E-state index is -0.256. The lowest BCUT2D eigenvalue weighted by atomic mass is 9.59. The van der Waals surface area contributed by atoms with E-state index < -0.39 is 0 Å². The Kier molecular flexibility index (Phi) is 4.81. The molecule has 0 amide bonds. The molecular formula is C19H29NO2. The highest BCUT2D eigenvalue weighted by molar-refractivity contribution is 5.46. The van der Waals surface area contributed by atoms with Gasteiger partial charge in [-0.25, -0.2) is 0 Å². The second-order valence-electron chi connectivity index (χ2n) is 6.93. The zero-order valence-electron chi connectivity index (χ0n) is 14.6. The zero-order valence-corrected chi connectivity index (χ0v) is 14.6. The number of likely N-dealkylation sites (N-methyl/N-ethyl adjacent to an activating group) is 1. The fourth-order valence-electron chi connectivity index (χ4n) is 4.07. The molecule has 1 N–H and O–H groups in total. The van der Waals surface area contributed by atoms with Crippen LogP contribution >= 0.6 is 0 Å². The Bertz CT molecular complexity index is 569. The van der Waals surface area contributed by atoms with Gasteiger partial charge >= 0.3 is 0 Å². The number of aryl methyl sites for hydroxylation is 1. The van der Waals surface area contributed by atoms with Crippen LogP contribution in [-0.4, -0.2) is 42.9 Å². The van der Waals surface area contributed by atoms with E-state index in [4.69, 9.17) is 4.74 Å². The number of nitrogens with zero attached hydrogens (tertiary/aromatic N) is 1. The molecule has 0 saturated heterocycles. The SMILES string of the molecule is C=C(COC)C1(C)N(C)Cc2cc(C)ccc2C1(C)CCO. The molecule has 22 heavy (non-hydrogen) atoms. The maximum atomic E-state index is 9.71. The zero-order chi connectivity index (χ0) is 16.5. The van der Waals surface area contributed by atoms with Crippen LogP contribution in [-0.2, 0) is 16.7 Å². The lowest BCUT2D eigenvalue weighted by Crippen LogP contribution is -2.62. The van der Waals surface area contributed by atoms with E-state index >= 15 is 0 Å². The molecule has 2 atom stereocenters. The predicted molar refractivity (Wildman–Crippen MR) is 91.1 cm³/mol. The minimum Gasteiger partial charge on any atom is -0.396 e. The van der Waals surface area contributed by atoms with Crippen LogP contribution in [0.2, 0.25) is 0 Å². The first-order chi connectivity index (χ1) is 10.3. The average molecular weight is 303 g/mol. The number of aliphatic hydroxyl groups is 1. The van der Waals surface area contributed by atoms with Gasteiger partial charge < -0.3 is 9.84 Å². The molecule has 3 heteroatoms. The Morgan fingerprint density at radius 1 is 1.41 bits per heavy atom. The van der Waals surface area contributed by atoms with Crippen LogP contribution in [0, 0.1) is 6.92 Å². The first kappa shape index (κ1) is 17.2. The van der Waals surface area contributed by atoms with Crippen molar-refractivity contribution in [2.24, 2.45) is 0 Å². The third kappa shape index (κ3) is 2.41. The summed E-state index contributed by atoms with van der Waals surface area (Å²) in [6.07, 6.45) is 0.701. The summed E-state index contributed by atoms with van der Waals surface area (Å²) >= 11 is 0. The average Bonchev–Trinajstić information content (AvgIpc) is 2.45. The Hall–Kier alpha value is -1.16. The highest BCUT2D eigenvalue weighted by atomic mass is 16.5. The van der Waals surface area contributed by atoms with Crippen LogP contribution in [0.1, 0.15) is 37.0 Å². The predicted octanol–water partition coefficient (Wildman–Crippen LogP) is 3.04.